The normalized spacial score (nSPS) is 25.6. The lowest BCUT2D eigenvalue weighted by atomic mass is 9.68. The van der Waals surface area contributed by atoms with Crippen LogP contribution in [-0.4, -0.2) is 35.9 Å². The van der Waals surface area contributed by atoms with Crippen LogP contribution in [0.2, 0.25) is 0 Å². The molecule has 2 fully saturated rings. The summed E-state index contributed by atoms with van der Waals surface area (Å²) >= 11 is 0. The molecule has 0 bridgehead atoms. The Balaban J connectivity index is 2.13. The van der Waals surface area contributed by atoms with E-state index < -0.39 is 0 Å². The lowest BCUT2D eigenvalue weighted by Crippen LogP contribution is -2.53. The van der Waals surface area contributed by atoms with Crippen molar-refractivity contribution in [3.63, 3.8) is 0 Å². The van der Waals surface area contributed by atoms with Gasteiger partial charge >= 0.3 is 0 Å². The fourth-order valence-electron chi connectivity index (χ4n) is 3.09. The van der Waals surface area contributed by atoms with Gasteiger partial charge in [0.1, 0.15) is 0 Å². The number of imide groups is 1. The molecule has 2 aliphatic rings. The number of hydrogen-bond donors (Lipinski definition) is 0. The summed E-state index contributed by atoms with van der Waals surface area (Å²) in [5.74, 6) is -0.0497. The largest absolute Gasteiger partial charge is 0.273 e. The number of rotatable bonds is 1. The van der Waals surface area contributed by atoms with Gasteiger partial charge in [-0.05, 0) is 18.3 Å². The number of amides is 2. The first-order valence-corrected chi connectivity index (χ1v) is 6.07. The monoisotopic (exact) mass is 224 g/mol. The zero-order valence-electron chi connectivity index (χ0n) is 10.2. The minimum absolute atomic E-state index is 0.00106. The van der Waals surface area contributed by atoms with Crippen LogP contribution in [0, 0.1) is 5.41 Å². The van der Waals surface area contributed by atoms with E-state index in [1.807, 2.05) is 0 Å². The summed E-state index contributed by atoms with van der Waals surface area (Å²) in [4.78, 5) is 24.0. The van der Waals surface area contributed by atoms with Gasteiger partial charge in [-0.15, -0.1) is 0 Å². The van der Waals surface area contributed by atoms with E-state index in [0.29, 0.717) is 12.8 Å². The van der Waals surface area contributed by atoms with Gasteiger partial charge in [0, 0.05) is 26.9 Å². The Bertz CT molecular complexity index is 286. The highest BCUT2D eigenvalue weighted by Gasteiger charge is 2.44. The Kier molecular flexibility index (Phi) is 3.02. The van der Waals surface area contributed by atoms with E-state index in [1.165, 1.54) is 24.3 Å². The molecule has 1 spiro atoms. The molecule has 4 heteroatoms. The van der Waals surface area contributed by atoms with Crippen LogP contribution in [0.25, 0.3) is 0 Å². The number of nitrogens with zero attached hydrogens (tertiary/aromatic N) is 2. The third kappa shape index (κ3) is 1.98. The maximum atomic E-state index is 12.0. The van der Waals surface area contributed by atoms with Crippen LogP contribution in [0.5, 0.6) is 0 Å². The summed E-state index contributed by atoms with van der Waals surface area (Å²) in [5.41, 5.74) is -0.00106. The Morgan fingerprint density at radius 3 is 1.94 bits per heavy atom. The van der Waals surface area contributed by atoms with Crippen molar-refractivity contribution >= 4 is 11.8 Å². The second-order valence-electron chi connectivity index (χ2n) is 5.36. The number of hydrazine groups is 1. The Morgan fingerprint density at radius 1 is 1.00 bits per heavy atom. The standard InChI is InChI=1S/C12H20N2O2/c1-13(2)14-10(15)8-12(9-11(14)16)6-4-3-5-7-12/h3-9H2,1-2H3. The van der Waals surface area contributed by atoms with E-state index in [9.17, 15) is 9.59 Å². The van der Waals surface area contributed by atoms with Crippen LogP contribution < -0.4 is 0 Å². The molecule has 2 rings (SSSR count). The highest BCUT2D eigenvalue weighted by molar-refractivity contribution is 5.97. The minimum Gasteiger partial charge on any atom is -0.273 e. The van der Waals surface area contributed by atoms with Gasteiger partial charge in [-0.25, -0.2) is 10.0 Å². The summed E-state index contributed by atoms with van der Waals surface area (Å²) < 4.78 is 0. The number of hydrogen-bond acceptors (Lipinski definition) is 3. The zero-order chi connectivity index (χ0) is 11.8. The molecular weight excluding hydrogens is 204 g/mol. The molecule has 16 heavy (non-hydrogen) atoms. The molecule has 0 N–H and O–H groups in total. The maximum absolute atomic E-state index is 12.0. The molecule has 90 valence electrons. The van der Waals surface area contributed by atoms with E-state index >= 15 is 0 Å². The fraction of sp³-hybridized carbons (Fsp3) is 0.833. The highest BCUT2D eigenvalue weighted by atomic mass is 16.2. The predicted molar refractivity (Wildman–Crippen MR) is 60.3 cm³/mol. The fourth-order valence-corrected chi connectivity index (χ4v) is 3.09. The van der Waals surface area contributed by atoms with Gasteiger partial charge in [0.15, 0.2) is 0 Å². The van der Waals surface area contributed by atoms with Gasteiger partial charge in [0.25, 0.3) is 0 Å². The zero-order valence-corrected chi connectivity index (χ0v) is 10.2. The van der Waals surface area contributed by atoms with E-state index in [0.717, 1.165) is 12.8 Å². The van der Waals surface area contributed by atoms with Crippen LogP contribution in [0.15, 0.2) is 0 Å². The van der Waals surface area contributed by atoms with Crippen molar-refractivity contribution < 1.29 is 9.59 Å². The second-order valence-corrected chi connectivity index (χ2v) is 5.36. The van der Waals surface area contributed by atoms with Crippen molar-refractivity contribution in [2.45, 2.75) is 44.9 Å². The molecule has 1 aliphatic heterocycles. The van der Waals surface area contributed by atoms with E-state index in [1.54, 1.807) is 19.1 Å². The van der Waals surface area contributed by atoms with Gasteiger partial charge in [-0.2, -0.15) is 0 Å². The molecule has 0 aromatic heterocycles. The summed E-state index contributed by atoms with van der Waals surface area (Å²) in [6.45, 7) is 0. The molecule has 2 amide bonds. The summed E-state index contributed by atoms with van der Waals surface area (Å²) in [6.07, 6.45) is 6.79. The van der Waals surface area contributed by atoms with Gasteiger partial charge in [-0.3, -0.25) is 9.59 Å². The van der Waals surface area contributed by atoms with Crippen LogP contribution in [0.3, 0.4) is 0 Å². The van der Waals surface area contributed by atoms with Crippen LogP contribution in [0.4, 0.5) is 0 Å². The van der Waals surface area contributed by atoms with Gasteiger partial charge in [-0.1, -0.05) is 19.3 Å². The maximum Gasteiger partial charge on any atom is 0.244 e. The molecule has 1 saturated carbocycles. The molecular formula is C12H20N2O2. The number of piperidine rings is 1. The highest BCUT2D eigenvalue weighted by Crippen LogP contribution is 2.45. The van der Waals surface area contributed by atoms with E-state index in [4.69, 9.17) is 0 Å². The number of carbonyl (C=O) groups is 2. The van der Waals surface area contributed by atoms with E-state index in [-0.39, 0.29) is 17.2 Å². The quantitative estimate of drug-likeness (QED) is 0.635. The van der Waals surface area contributed by atoms with Crippen molar-refractivity contribution in [2.75, 3.05) is 14.1 Å². The molecule has 0 aromatic rings. The second kappa shape index (κ2) is 4.17. The smallest absolute Gasteiger partial charge is 0.244 e. The minimum atomic E-state index is -0.0249. The Labute approximate surface area is 96.6 Å². The van der Waals surface area contributed by atoms with Crippen molar-refractivity contribution in [3.8, 4) is 0 Å². The van der Waals surface area contributed by atoms with Crippen LogP contribution in [0.1, 0.15) is 44.9 Å². The van der Waals surface area contributed by atoms with Gasteiger partial charge in [0.2, 0.25) is 11.8 Å². The molecule has 0 unspecified atom stereocenters. The predicted octanol–water partition coefficient (Wildman–Crippen LogP) is 1.56. The molecule has 1 heterocycles. The summed E-state index contributed by atoms with van der Waals surface area (Å²) in [7, 11) is 3.49. The average molecular weight is 224 g/mol. The van der Waals surface area contributed by atoms with Gasteiger partial charge in [0.05, 0.1) is 0 Å². The molecule has 0 aromatic carbocycles. The lowest BCUT2D eigenvalue weighted by molar-refractivity contribution is -0.170. The third-order valence-electron chi connectivity index (χ3n) is 3.84. The molecule has 0 atom stereocenters. The molecule has 1 saturated heterocycles. The molecule has 1 aliphatic carbocycles. The number of carbonyl (C=O) groups excluding carboxylic acids is 2. The van der Waals surface area contributed by atoms with Crippen molar-refractivity contribution in [2.24, 2.45) is 5.41 Å². The molecule has 4 nitrogen and oxygen atoms in total. The average Bonchev–Trinajstić information content (AvgIpc) is 2.16. The first kappa shape index (κ1) is 11.6. The van der Waals surface area contributed by atoms with E-state index in [2.05, 4.69) is 0 Å². The Hall–Kier alpha value is -0.900. The van der Waals surface area contributed by atoms with Crippen LogP contribution >= 0.6 is 0 Å². The first-order valence-electron chi connectivity index (χ1n) is 6.07. The third-order valence-corrected chi connectivity index (χ3v) is 3.84. The Morgan fingerprint density at radius 2 is 1.50 bits per heavy atom. The molecule has 0 radical (unpaired) electrons. The first-order chi connectivity index (χ1) is 7.54. The SMILES string of the molecule is CN(C)N1C(=O)CC2(CCCCC2)CC1=O. The lowest BCUT2D eigenvalue weighted by Gasteiger charge is -2.43. The van der Waals surface area contributed by atoms with Crippen molar-refractivity contribution in [1.82, 2.24) is 10.0 Å². The van der Waals surface area contributed by atoms with Crippen LogP contribution in [-0.2, 0) is 9.59 Å². The topological polar surface area (TPSA) is 40.6 Å². The van der Waals surface area contributed by atoms with Crippen molar-refractivity contribution in [3.05, 3.63) is 0 Å². The summed E-state index contributed by atoms with van der Waals surface area (Å²) in [6, 6.07) is 0. The summed E-state index contributed by atoms with van der Waals surface area (Å²) in [5, 5.41) is 2.89. The van der Waals surface area contributed by atoms with Gasteiger partial charge < -0.3 is 0 Å². The van der Waals surface area contributed by atoms with Crippen molar-refractivity contribution in [1.29, 1.82) is 0 Å².